The lowest BCUT2D eigenvalue weighted by molar-refractivity contribution is -0.899. The molecule has 1 fully saturated rings. The summed E-state index contributed by atoms with van der Waals surface area (Å²) in [5.74, 6) is 0. The lowest BCUT2D eigenvalue weighted by atomic mass is 9.66. The maximum atomic E-state index is 15.4. The summed E-state index contributed by atoms with van der Waals surface area (Å²) in [5, 5.41) is 0. The normalized spacial score (nSPS) is 23.7. The van der Waals surface area contributed by atoms with E-state index in [1.165, 1.54) is 0 Å². The molecule has 3 rings (SSSR count). The summed E-state index contributed by atoms with van der Waals surface area (Å²) in [4.78, 5) is 0. The maximum Gasteiger partial charge on any atom is 0.163 e. The Morgan fingerprint density at radius 1 is 0.905 bits per heavy atom. The van der Waals surface area contributed by atoms with E-state index in [0.29, 0.717) is 6.54 Å². The highest BCUT2D eigenvalue weighted by atomic mass is 19.1. The van der Waals surface area contributed by atoms with E-state index in [2.05, 4.69) is 38.4 Å². The Balaban J connectivity index is 2.13. The maximum absolute atomic E-state index is 15.4. The van der Waals surface area contributed by atoms with Crippen LogP contribution in [0.3, 0.4) is 0 Å². The molecule has 1 unspecified atom stereocenters. The van der Waals surface area contributed by atoms with E-state index in [0.717, 1.165) is 28.6 Å². The molecule has 2 heteroatoms. The molecule has 0 saturated carbocycles. The van der Waals surface area contributed by atoms with Crippen LogP contribution in [0.5, 0.6) is 0 Å². The van der Waals surface area contributed by atoms with Crippen molar-refractivity contribution in [3.05, 3.63) is 71.8 Å². The van der Waals surface area contributed by atoms with E-state index in [-0.39, 0.29) is 0 Å². The molecule has 0 radical (unpaired) electrons. The minimum Gasteiger partial charge on any atom is -0.326 e. The molecule has 1 aliphatic rings. The van der Waals surface area contributed by atoms with Crippen molar-refractivity contribution in [1.82, 2.24) is 0 Å². The molecule has 21 heavy (non-hydrogen) atoms. The van der Waals surface area contributed by atoms with Gasteiger partial charge in [0.25, 0.3) is 0 Å². The van der Waals surface area contributed by atoms with Gasteiger partial charge in [-0.1, -0.05) is 60.7 Å². The van der Waals surface area contributed by atoms with Crippen molar-refractivity contribution in [3.8, 4) is 0 Å². The van der Waals surface area contributed by atoms with Crippen LogP contribution in [0.15, 0.2) is 60.7 Å². The van der Waals surface area contributed by atoms with Crippen molar-refractivity contribution in [3.63, 3.8) is 0 Å². The molecular formula is C19H23FN+. The Hall–Kier alpha value is -1.67. The largest absolute Gasteiger partial charge is 0.326 e. The number of benzene rings is 2. The SMILES string of the molecule is C[N+]1(C)CCC(c2ccccc2)(c2ccccc2)C(F)C1. The first-order chi connectivity index (χ1) is 10.0. The van der Waals surface area contributed by atoms with Crippen LogP contribution in [0.1, 0.15) is 17.5 Å². The van der Waals surface area contributed by atoms with Gasteiger partial charge in [0.2, 0.25) is 0 Å². The van der Waals surface area contributed by atoms with Gasteiger partial charge in [-0.05, 0) is 11.1 Å². The number of quaternary nitrogens is 1. The van der Waals surface area contributed by atoms with E-state index in [9.17, 15) is 0 Å². The van der Waals surface area contributed by atoms with Gasteiger partial charge in [-0.15, -0.1) is 0 Å². The zero-order valence-corrected chi connectivity index (χ0v) is 12.8. The van der Waals surface area contributed by atoms with Crippen LogP contribution < -0.4 is 0 Å². The summed E-state index contributed by atoms with van der Waals surface area (Å²) in [7, 11) is 4.24. The van der Waals surface area contributed by atoms with Crippen LogP contribution in [0.25, 0.3) is 0 Å². The first kappa shape index (κ1) is 14.3. The standard InChI is InChI=1S/C19H23FN/c1-21(2)14-13-19(18(20)15-21,16-9-5-3-6-10-16)17-11-7-4-8-12-17/h3-12,18H,13-15H2,1-2H3/q+1. The fourth-order valence-corrected chi connectivity index (χ4v) is 3.60. The molecule has 0 N–H and O–H groups in total. The van der Waals surface area contributed by atoms with Gasteiger partial charge < -0.3 is 4.48 Å². The Labute approximate surface area is 126 Å². The number of rotatable bonds is 2. The smallest absolute Gasteiger partial charge is 0.163 e. The fourth-order valence-electron chi connectivity index (χ4n) is 3.60. The minimum atomic E-state index is -0.869. The van der Waals surface area contributed by atoms with Gasteiger partial charge in [0.05, 0.1) is 26.1 Å². The highest BCUT2D eigenvalue weighted by Gasteiger charge is 2.49. The second kappa shape index (κ2) is 5.27. The zero-order chi connectivity index (χ0) is 14.9. The summed E-state index contributed by atoms with van der Waals surface area (Å²) >= 11 is 0. The Kier molecular flexibility index (Phi) is 3.58. The van der Waals surface area contributed by atoms with E-state index >= 15 is 4.39 Å². The van der Waals surface area contributed by atoms with Crippen molar-refractivity contribution >= 4 is 0 Å². The number of hydrogen-bond donors (Lipinski definition) is 0. The van der Waals surface area contributed by atoms with Gasteiger partial charge in [0.15, 0.2) is 6.17 Å². The zero-order valence-electron chi connectivity index (χ0n) is 12.8. The van der Waals surface area contributed by atoms with Crippen LogP contribution in [0, 0.1) is 0 Å². The predicted octanol–water partition coefficient (Wildman–Crippen LogP) is 3.79. The molecule has 0 spiro atoms. The molecule has 1 atom stereocenters. The average Bonchev–Trinajstić information content (AvgIpc) is 2.49. The summed E-state index contributed by atoms with van der Waals surface area (Å²) in [5.41, 5.74) is 1.70. The molecule has 1 saturated heterocycles. The van der Waals surface area contributed by atoms with Gasteiger partial charge in [-0.3, -0.25) is 0 Å². The second-order valence-electron chi connectivity index (χ2n) is 6.76. The van der Waals surface area contributed by atoms with Gasteiger partial charge in [0, 0.05) is 6.42 Å². The fraction of sp³-hybridized carbons (Fsp3) is 0.368. The summed E-state index contributed by atoms with van der Waals surface area (Å²) < 4.78 is 16.1. The van der Waals surface area contributed by atoms with Crippen molar-refractivity contribution in [1.29, 1.82) is 0 Å². The lowest BCUT2D eigenvalue weighted by Gasteiger charge is -2.47. The van der Waals surface area contributed by atoms with E-state index in [1.54, 1.807) is 0 Å². The first-order valence-electron chi connectivity index (χ1n) is 7.62. The number of hydrogen-bond acceptors (Lipinski definition) is 0. The van der Waals surface area contributed by atoms with E-state index < -0.39 is 11.6 Å². The molecule has 0 aromatic heterocycles. The molecular weight excluding hydrogens is 261 g/mol. The van der Waals surface area contributed by atoms with Gasteiger partial charge >= 0.3 is 0 Å². The Bertz CT molecular complexity index is 552. The number of alkyl halides is 1. The lowest BCUT2D eigenvalue weighted by Crippen LogP contribution is -2.58. The molecule has 0 aliphatic carbocycles. The third kappa shape index (κ3) is 2.49. The second-order valence-corrected chi connectivity index (χ2v) is 6.76. The third-order valence-electron chi connectivity index (χ3n) is 4.88. The number of piperidine rings is 1. The summed E-state index contributed by atoms with van der Waals surface area (Å²) in [6, 6.07) is 20.4. The monoisotopic (exact) mass is 284 g/mol. The average molecular weight is 284 g/mol. The summed E-state index contributed by atoms with van der Waals surface area (Å²) in [6.07, 6.45) is -0.0269. The van der Waals surface area contributed by atoms with Crippen LogP contribution in [-0.4, -0.2) is 37.8 Å². The highest BCUT2D eigenvalue weighted by Crippen LogP contribution is 2.44. The summed E-state index contributed by atoms with van der Waals surface area (Å²) in [6.45, 7) is 1.55. The molecule has 2 aromatic rings. The Morgan fingerprint density at radius 2 is 1.38 bits per heavy atom. The van der Waals surface area contributed by atoms with Crippen LogP contribution in [0.4, 0.5) is 4.39 Å². The van der Waals surface area contributed by atoms with Crippen molar-refractivity contribution < 1.29 is 8.87 Å². The number of halogens is 1. The van der Waals surface area contributed by atoms with Crippen molar-refractivity contribution in [2.24, 2.45) is 0 Å². The molecule has 0 bridgehead atoms. The molecule has 1 heterocycles. The number of likely N-dealkylation sites (tertiary alicyclic amines) is 1. The van der Waals surface area contributed by atoms with Gasteiger partial charge in [-0.25, -0.2) is 4.39 Å². The topological polar surface area (TPSA) is 0 Å². The quantitative estimate of drug-likeness (QED) is 0.736. The van der Waals surface area contributed by atoms with E-state index in [1.807, 2.05) is 36.4 Å². The number of nitrogens with zero attached hydrogens (tertiary/aromatic N) is 1. The Morgan fingerprint density at radius 3 is 1.81 bits per heavy atom. The van der Waals surface area contributed by atoms with Crippen molar-refractivity contribution in [2.45, 2.75) is 18.0 Å². The van der Waals surface area contributed by atoms with Crippen LogP contribution in [-0.2, 0) is 5.41 Å². The van der Waals surface area contributed by atoms with Crippen LogP contribution >= 0.6 is 0 Å². The van der Waals surface area contributed by atoms with Gasteiger partial charge in [-0.2, -0.15) is 0 Å². The third-order valence-corrected chi connectivity index (χ3v) is 4.88. The molecule has 110 valence electrons. The molecule has 2 aromatic carbocycles. The van der Waals surface area contributed by atoms with E-state index in [4.69, 9.17) is 0 Å². The highest BCUT2D eigenvalue weighted by molar-refractivity contribution is 5.41. The molecule has 0 amide bonds. The van der Waals surface area contributed by atoms with Crippen molar-refractivity contribution in [2.75, 3.05) is 27.2 Å². The predicted molar refractivity (Wildman–Crippen MR) is 85.0 cm³/mol. The van der Waals surface area contributed by atoms with Gasteiger partial charge in [0.1, 0.15) is 6.54 Å². The minimum absolute atomic E-state index is 0.504. The van der Waals surface area contributed by atoms with Crippen LogP contribution in [0.2, 0.25) is 0 Å². The molecule has 1 aliphatic heterocycles. The molecule has 1 nitrogen and oxygen atoms in total. The first-order valence-corrected chi connectivity index (χ1v) is 7.62.